The molecule has 0 radical (unpaired) electrons. The van der Waals surface area contributed by atoms with Gasteiger partial charge >= 0.3 is 0 Å². The molecule has 6 heteroatoms. The van der Waals surface area contributed by atoms with Gasteiger partial charge in [-0.1, -0.05) is 18.2 Å². The van der Waals surface area contributed by atoms with Gasteiger partial charge in [0.25, 0.3) is 0 Å². The number of amides is 3. The summed E-state index contributed by atoms with van der Waals surface area (Å²) in [6.45, 7) is 0.195. The van der Waals surface area contributed by atoms with Gasteiger partial charge < -0.3 is 9.73 Å². The van der Waals surface area contributed by atoms with Crippen LogP contribution in [0.5, 0.6) is 0 Å². The maximum Gasteiger partial charge on any atom is 0.229 e. The number of carbonyl (C=O) groups excluding carboxylic acids is 3. The largest absolute Gasteiger partial charge is 0.469 e. The van der Waals surface area contributed by atoms with E-state index in [1.54, 1.807) is 12.3 Å². The van der Waals surface area contributed by atoms with Gasteiger partial charge in [0.1, 0.15) is 5.76 Å². The van der Waals surface area contributed by atoms with Crippen molar-refractivity contribution in [3.63, 3.8) is 0 Å². The Kier molecular flexibility index (Phi) is 3.87. The summed E-state index contributed by atoms with van der Waals surface area (Å²) in [5.41, 5.74) is 1.40. The molecule has 1 saturated carbocycles. The van der Waals surface area contributed by atoms with E-state index in [1.165, 1.54) is 4.90 Å². The van der Waals surface area contributed by atoms with E-state index in [9.17, 15) is 14.4 Å². The third kappa shape index (κ3) is 3.07. The van der Waals surface area contributed by atoms with Crippen molar-refractivity contribution < 1.29 is 18.8 Å². The SMILES string of the molecule is O=C(Nc1ccccc1CN1C(=O)CCC1=O)[C@H]1C[C@H]1c1ccco1. The standard InChI is InChI=1S/C19H18N2O4/c22-17-7-8-18(23)21(17)11-12-4-1-2-5-15(12)20-19(24)14-10-13(14)16-6-3-9-25-16/h1-6,9,13-14H,7-8,10-11H2,(H,20,24)/t13-,14+/m1/s1. The first-order valence-electron chi connectivity index (χ1n) is 8.39. The first kappa shape index (κ1) is 15.6. The van der Waals surface area contributed by atoms with Crippen molar-refractivity contribution in [3.05, 3.63) is 54.0 Å². The van der Waals surface area contributed by atoms with Gasteiger partial charge in [-0.05, 0) is 30.2 Å². The van der Waals surface area contributed by atoms with Gasteiger partial charge in [0, 0.05) is 30.4 Å². The molecule has 4 rings (SSSR count). The molecule has 128 valence electrons. The molecule has 0 unspecified atom stereocenters. The van der Waals surface area contributed by atoms with Crippen LogP contribution in [0.1, 0.15) is 36.5 Å². The molecular weight excluding hydrogens is 320 g/mol. The van der Waals surface area contributed by atoms with Crippen LogP contribution in [-0.2, 0) is 20.9 Å². The highest BCUT2D eigenvalue weighted by Crippen LogP contribution is 2.48. The van der Waals surface area contributed by atoms with Gasteiger partial charge in [0.05, 0.1) is 12.8 Å². The Labute approximate surface area is 144 Å². The van der Waals surface area contributed by atoms with Crippen LogP contribution < -0.4 is 5.32 Å². The monoisotopic (exact) mass is 338 g/mol. The molecule has 1 aromatic carbocycles. The van der Waals surface area contributed by atoms with E-state index in [-0.39, 0.29) is 48.9 Å². The molecule has 2 aromatic rings. The number of hydrogen-bond donors (Lipinski definition) is 1. The molecule has 6 nitrogen and oxygen atoms in total. The van der Waals surface area contributed by atoms with Gasteiger partial charge in [-0.2, -0.15) is 0 Å². The zero-order chi connectivity index (χ0) is 17.4. The Morgan fingerprint density at radius 3 is 2.60 bits per heavy atom. The highest BCUT2D eigenvalue weighted by Gasteiger charge is 2.46. The molecule has 1 aliphatic carbocycles. The quantitative estimate of drug-likeness (QED) is 0.850. The van der Waals surface area contributed by atoms with E-state index in [0.29, 0.717) is 5.69 Å². The molecule has 1 saturated heterocycles. The van der Waals surface area contributed by atoms with Crippen molar-refractivity contribution in [2.24, 2.45) is 5.92 Å². The predicted octanol–water partition coefficient (Wildman–Crippen LogP) is 2.67. The molecule has 2 heterocycles. The Hall–Kier alpha value is -2.89. The minimum atomic E-state index is -0.161. The number of likely N-dealkylation sites (tertiary alicyclic amines) is 1. The van der Waals surface area contributed by atoms with Crippen LogP contribution in [-0.4, -0.2) is 22.6 Å². The molecule has 1 aliphatic heterocycles. The Bertz CT molecular complexity index is 812. The summed E-state index contributed by atoms with van der Waals surface area (Å²) < 4.78 is 5.36. The minimum Gasteiger partial charge on any atom is -0.469 e. The topological polar surface area (TPSA) is 79.6 Å². The molecule has 2 fully saturated rings. The number of furan rings is 1. The first-order chi connectivity index (χ1) is 12.1. The van der Waals surface area contributed by atoms with E-state index in [2.05, 4.69) is 5.32 Å². The van der Waals surface area contributed by atoms with E-state index in [0.717, 1.165) is 17.7 Å². The number of carbonyl (C=O) groups is 3. The highest BCUT2D eigenvalue weighted by molar-refractivity contribution is 6.02. The van der Waals surface area contributed by atoms with Crippen molar-refractivity contribution in [1.29, 1.82) is 0 Å². The van der Waals surface area contributed by atoms with Crippen LogP contribution in [0.2, 0.25) is 0 Å². The molecule has 0 bridgehead atoms. The lowest BCUT2D eigenvalue weighted by atomic mass is 10.1. The summed E-state index contributed by atoms with van der Waals surface area (Å²) >= 11 is 0. The maximum absolute atomic E-state index is 12.5. The van der Waals surface area contributed by atoms with Crippen molar-refractivity contribution in [2.45, 2.75) is 31.7 Å². The lowest BCUT2D eigenvalue weighted by Crippen LogP contribution is -2.29. The number of anilines is 1. The van der Waals surface area contributed by atoms with Crippen molar-refractivity contribution in [3.8, 4) is 0 Å². The third-order valence-electron chi connectivity index (χ3n) is 4.79. The summed E-state index contributed by atoms with van der Waals surface area (Å²) in [6.07, 6.45) is 2.91. The normalized spacial score (nSPS) is 22.3. The summed E-state index contributed by atoms with van der Waals surface area (Å²) in [5, 5.41) is 2.94. The average Bonchev–Trinajstić information content (AvgIpc) is 3.11. The number of nitrogens with one attached hydrogen (secondary N) is 1. The molecule has 3 amide bonds. The smallest absolute Gasteiger partial charge is 0.229 e. The fraction of sp³-hybridized carbons (Fsp3) is 0.316. The molecule has 25 heavy (non-hydrogen) atoms. The average molecular weight is 338 g/mol. The van der Waals surface area contributed by atoms with E-state index in [1.807, 2.05) is 30.3 Å². The lowest BCUT2D eigenvalue weighted by molar-refractivity contribution is -0.139. The Balaban J connectivity index is 1.45. The first-order valence-corrected chi connectivity index (χ1v) is 8.39. The second-order valence-electron chi connectivity index (χ2n) is 6.48. The van der Waals surface area contributed by atoms with Gasteiger partial charge in [-0.25, -0.2) is 0 Å². The van der Waals surface area contributed by atoms with E-state index in [4.69, 9.17) is 4.42 Å². The number of nitrogens with zero attached hydrogens (tertiary/aromatic N) is 1. The van der Waals surface area contributed by atoms with Crippen LogP contribution in [0, 0.1) is 5.92 Å². The summed E-state index contributed by atoms with van der Waals surface area (Å²) in [4.78, 5) is 37.4. The fourth-order valence-electron chi connectivity index (χ4n) is 3.28. The number of hydrogen-bond acceptors (Lipinski definition) is 4. The molecule has 2 aliphatic rings. The van der Waals surface area contributed by atoms with Gasteiger partial charge in [0.2, 0.25) is 17.7 Å². The summed E-state index contributed by atoms with van der Waals surface area (Å²) in [6, 6.07) is 11.0. The van der Waals surface area contributed by atoms with Crippen molar-refractivity contribution in [2.75, 3.05) is 5.32 Å². The Morgan fingerprint density at radius 2 is 1.88 bits per heavy atom. The van der Waals surface area contributed by atoms with E-state index < -0.39 is 0 Å². The third-order valence-corrected chi connectivity index (χ3v) is 4.79. The minimum absolute atomic E-state index is 0.0621. The van der Waals surface area contributed by atoms with Crippen molar-refractivity contribution >= 4 is 23.4 Å². The van der Waals surface area contributed by atoms with Crippen LogP contribution in [0.3, 0.4) is 0 Å². The summed E-state index contributed by atoms with van der Waals surface area (Å²) in [5.74, 6) is 0.477. The second kappa shape index (κ2) is 6.20. The van der Waals surface area contributed by atoms with Crippen LogP contribution >= 0.6 is 0 Å². The number of para-hydroxylation sites is 1. The van der Waals surface area contributed by atoms with Crippen LogP contribution in [0.25, 0.3) is 0 Å². The van der Waals surface area contributed by atoms with Gasteiger partial charge in [-0.15, -0.1) is 0 Å². The molecule has 1 N–H and O–H groups in total. The molecule has 1 aromatic heterocycles. The van der Waals surface area contributed by atoms with Crippen LogP contribution in [0.15, 0.2) is 47.1 Å². The second-order valence-corrected chi connectivity index (χ2v) is 6.48. The van der Waals surface area contributed by atoms with Crippen molar-refractivity contribution in [1.82, 2.24) is 4.90 Å². The maximum atomic E-state index is 12.5. The van der Waals surface area contributed by atoms with Gasteiger partial charge in [0.15, 0.2) is 0 Å². The molecular formula is C19H18N2O4. The Morgan fingerprint density at radius 1 is 1.12 bits per heavy atom. The number of imide groups is 1. The zero-order valence-electron chi connectivity index (χ0n) is 13.6. The number of benzene rings is 1. The highest BCUT2D eigenvalue weighted by atomic mass is 16.3. The molecule has 0 spiro atoms. The van der Waals surface area contributed by atoms with Gasteiger partial charge in [-0.3, -0.25) is 19.3 Å². The summed E-state index contributed by atoms with van der Waals surface area (Å²) in [7, 11) is 0. The fourth-order valence-corrected chi connectivity index (χ4v) is 3.28. The number of rotatable bonds is 5. The zero-order valence-corrected chi connectivity index (χ0v) is 13.6. The predicted molar refractivity (Wildman–Crippen MR) is 89.4 cm³/mol. The van der Waals surface area contributed by atoms with E-state index >= 15 is 0 Å². The van der Waals surface area contributed by atoms with Crippen LogP contribution in [0.4, 0.5) is 5.69 Å². The lowest BCUT2D eigenvalue weighted by Gasteiger charge is -2.17. The molecule has 2 atom stereocenters.